The summed E-state index contributed by atoms with van der Waals surface area (Å²) in [6.45, 7) is 2.78. The summed E-state index contributed by atoms with van der Waals surface area (Å²) in [5.41, 5.74) is 9.28. The van der Waals surface area contributed by atoms with Crippen molar-refractivity contribution in [3.8, 4) is 0 Å². The van der Waals surface area contributed by atoms with E-state index in [1.165, 1.54) is 0 Å². The zero-order valence-electron chi connectivity index (χ0n) is 11.3. The van der Waals surface area contributed by atoms with Gasteiger partial charge in [0, 0.05) is 30.3 Å². The number of halogens is 1. The predicted molar refractivity (Wildman–Crippen MR) is 82.6 cm³/mol. The first-order valence-corrected chi connectivity index (χ1v) is 6.76. The zero-order chi connectivity index (χ0) is 13.8. The molecule has 0 aliphatic heterocycles. The van der Waals surface area contributed by atoms with Crippen molar-refractivity contribution in [3.63, 3.8) is 0 Å². The van der Waals surface area contributed by atoms with Gasteiger partial charge in [0.2, 0.25) is 0 Å². The van der Waals surface area contributed by atoms with E-state index in [0.717, 1.165) is 28.4 Å². The fourth-order valence-electron chi connectivity index (χ4n) is 2.01. The minimum absolute atomic E-state index is 0.0722. The van der Waals surface area contributed by atoms with Crippen LogP contribution in [0.5, 0.6) is 0 Å². The minimum Gasteiger partial charge on any atom is -0.370 e. The highest BCUT2D eigenvalue weighted by Gasteiger charge is 2.06. The van der Waals surface area contributed by atoms with Crippen LogP contribution in [0.3, 0.4) is 0 Å². The molecule has 2 rings (SSSR count). The fourth-order valence-corrected chi connectivity index (χ4v) is 2.20. The number of nitrogens with zero attached hydrogens (tertiary/aromatic N) is 1. The molecule has 2 aromatic carbocycles. The van der Waals surface area contributed by atoms with Crippen LogP contribution < -0.4 is 10.6 Å². The fraction of sp³-hybridized carbons (Fsp3) is 0.250. The molecule has 0 bridgehead atoms. The molecule has 3 heteroatoms. The Morgan fingerprint density at radius 3 is 2.32 bits per heavy atom. The third kappa shape index (κ3) is 3.49. The molecule has 0 fully saturated rings. The Morgan fingerprint density at radius 2 is 1.74 bits per heavy atom. The van der Waals surface area contributed by atoms with Crippen molar-refractivity contribution >= 4 is 17.3 Å². The lowest BCUT2D eigenvalue weighted by Crippen LogP contribution is -2.16. The monoisotopic (exact) mass is 274 g/mol. The van der Waals surface area contributed by atoms with Crippen molar-refractivity contribution in [2.45, 2.75) is 19.5 Å². The van der Waals surface area contributed by atoms with E-state index in [9.17, 15) is 0 Å². The summed E-state index contributed by atoms with van der Waals surface area (Å²) in [7, 11) is 2.06. The second-order valence-electron chi connectivity index (χ2n) is 4.83. The molecular weight excluding hydrogens is 256 g/mol. The third-order valence-electron chi connectivity index (χ3n) is 3.22. The van der Waals surface area contributed by atoms with E-state index < -0.39 is 0 Å². The second-order valence-corrected chi connectivity index (χ2v) is 5.23. The maximum Gasteiger partial charge on any atom is 0.0455 e. The Labute approximate surface area is 119 Å². The molecule has 0 saturated heterocycles. The molecule has 19 heavy (non-hydrogen) atoms. The van der Waals surface area contributed by atoms with Gasteiger partial charge in [0.25, 0.3) is 0 Å². The van der Waals surface area contributed by atoms with Crippen molar-refractivity contribution in [3.05, 3.63) is 64.7 Å². The van der Waals surface area contributed by atoms with Gasteiger partial charge in [0.1, 0.15) is 0 Å². The highest BCUT2D eigenvalue weighted by Crippen LogP contribution is 2.21. The Balaban J connectivity index is 2.12. The molecule has 0 heterocycles. The van der Waals surface area contributed by atoms with Crippen LogP contribution in [0.25, 0.3) is 0 Å². The lowest BCUT2D eigenvalue weighted by atomic mass is 10.1. The molecule has 2 nitrogen and oxygen atoms in total. The van der Waals surface area contributed by atoms with Gasteiger partial charge in [0.05, 0.1) is 0 Å². The van der Waals surface area contributed by atoms with Gasteiger partial charge in [-0.3, -0.25) is 0 Å². The molecule has 2 N–H and O–H groups in total. The summed E-state index contributed by atoms with van der Waals surface area (Å²) in [6.07, 6.45) is 0. The van der Waals surface area contributed by atoms with Crippen molar-refractivity contribution in [2.75, 3.05) is 11.9 Å². The van der Waals surface area contributed by atoms with Crippen LogP contribution in [-0.2, 0) is 6.54 Å². The Morgan fingerprint density at radius 1 is 1.11 bits per heavy atom. The number of hydrogen-bond donors (Lipinski definition) is 1. The van der Waals surface area contributed by atoms with Gasteiger partial charge in [-0.2, -0.15) is 0 Å². The number of nitrogens with two attached hydrogens (primary N) is 1. The van der Waals surface area contributed by atoms with E-state index in [1.54, 1.807) is 0 Å². The minimum atomic E-state index is 0.0722. The summed E-state index contributed by atoms with van der Waals surface area (Å²) >= 11 is 6.18. The largest absolute Gasteiger partial charge is 0.370 e. The number of rotatable bonds is 4. The van der Waals surface area contributed by atoms with Crippen LogP contribution in [-0.4, -0.2) is 7.05 Å². The van der Waals surface area contributed by atoms with Crippen molar-refractivity contribution in [1.29, 1.82) is 0 Å². The van der Waals surface area contributed by atoms with E-state index in [-0.39, 0.29) is 6.04 Å². The van der Waals surface area contributed by atoms with E-state index >= 15 is 0 Å². The molecule has 0 aliphatic carbocycles. The topological polar surface area (TPSA) is 29.3 Å². The zero-order valence-corrected chi connectivity index (χ0v) is 12.1. The van der Waals surface area contributed by atoms with E-state index in [4.69, 9.17) is 17.3 Å². The first kappa shape index (κ1) is 13.9. The molecule has 1 unspecified atom stereocenters. The average molecular weight is 275 g/mol. The van der Waals surface area contributed by atoms with Crippen LogP contribution in [0.1, 0.15) is 24.1 Å². The summed E-state index contributed by atoms with van der Waals surface area (Å²) < 4.78 is 0. The van der Waals surface area contributed by atoms with Gasteiger partial charge in [-0.05, 0) is 36.2 Å². The molecule has 100 valence electrons. The van der Waals surface area contributed by atoms with Crippen LogP contribution >= 0.6 is 11.6 Å². The Kier molecular flexibility index (Phi) is 4.46. The van der Waals surface area contributed by atoms with Gasteiger partial charge in [-0.15, -0.1) is 0 Å². The smallest absolute Gasteiger partial charge is 0.0455 e. The quantitative estimate of drug-likeness (QED) is 0.913. The van der Waals surface area contributed by atoms with Gasteiger partial charge < -0.3 is 10.6 Å². The van der Waals surface area contributed by atoms with Gasteiger partial charge in [-0.1, -0.05) is 41.9 Å². The predicted octanol–water partition coefficient (Wildman–Crippen LogP) is 4.00. The number of benzene rings is 2. The Hall–Kier alpha value is -1.51. The Bertz CT molecular complexity index is 535. The molecule has 0 aliphatic rings. The molecule has 0 aromatic heterocycles. The lowest BCUT2D eigenvalue weighted by molar-refractivity contribution is 0.817. The number of anilines is 1. The van der Waals surface area contributed by atoms with Crippen LogP contribution in [0, 0.1) is 0 Å². The molecule has 0 saturated carbocycles. The van der Waals surface area contributed by atoms with Gasteiger partial charge >= 0.3 is 0 Å². The van der Waals surface area contributed by atoms with E-state index in [0.29, 0.717) is 0 Å². The van der Waals surface area contributed by atoms with E-state index in [2.05, 4.69) is 42.3 Å². The molecule has 0 amide bonds. The van der Waals surface area contributed by atoms with Gasteiger partial charge in [-0.25, -0.2) is 0 Å². The summed E-state index contributed by atoms with van der Waals surface area (Å²) in [6, 6.07) is 16.3. The average Bonchev–Trinajstić information content (AvgIpc) is 2.41. The number of hydrogen-bond acceptors (Lipinski definition) is 2. The molecule has 1 atom stereocenters. The van der Waals surface area contributed by atoms with Crippen LogP contribution in [0.15, 0.2) is 48.5 Å². The van der Waals surface area contributed by atoms with Crippen LogP contribution in [0.2, 0.25) is 5.02 Å². The highest BCUT2D eigenvalue weighted by molar-refractivity contribution is 6.31. The van der Waals surface area contributed by atoms with E-state index in [1.807, 2.05) is 25.1 Å². The van der Waals surface area contributed by atoms with Crippen molar-refractivity contribution in [2.24, 2.45) is 5.73 Å². The maximum atomic E-state index is 6.18. The van der Waals surface area contributed by atoms with Crippen molar-refractivity contribution in [1.82, 2.24) is 0 Å². The first-order valence-electron chi connectivity index (χ1n) is 6.38. The molecule has 0 radical (unpaired) electrons. The molecule has 2 aromatic rings. The summed E-state index contributed by atoms with van der Waals surface area (Å²) in [5.74, 6) is 0. The summed E-state index contributed by atoms with van der Waals surface area (Å²) in [5, 5.41) is 0.807. The van der Waals surface area contributed by atoms with Gasteiger partial charge in [0.15, 0.2) is 0 Å². The standard InChI is InChI=1S/C16H19ClN2/c1-12(18)13-7-9-15(10-8-13)19(2)11-14-5-3-4-6-16(14)17/h3-10,12H,11,18H2,1-2H3. The normalized spacial score (nSPS) is 12.2. The first-order chi connectivity index (χ1) is 9.08. The SMILES string of the molecule is CC(N)c1ccc(N(C)Cc2ccccc2Cl)cc1. The van der Waals surface area contributed by atoms with Crippen LogP contribution in [0.4, 0.5) is 5.69 Å². The third-order valence-corrected chi connectivity index (χ3v) is 3.59. The molecular formula is C16H19ClN2. The highest BCUT2D eigenvalue weighted by atomic mass is 35.5. The summed E-state index contributed by atoms with van der Waals surface area (Å²) in [4.78, 5) is 2.17. The van der Waals surface area contributed by atoms with Crippen molar-refractivity contribution < 1.29 is 0 Å². The lowest BCUT2D eigenvalue weighted by Gasteiger charge is -2.20. The molecule has 0 spiro atoms. The second kappa shape index (κ2) is 6.09. The maximum absolute atomic E-state index is 6.18.